The molecule has 1 aliphatic rings. The van der Waals surface area contributed by atoms with Crippen molar-refractivity contribution in [3.8, 4) is 11.5 Å². The molecular formula is C16H21N5O2. The Hall–Kier alpha value is -2.28. The van der Waals surface area contributed by atoms with Gasteiger partial charge in [0.05, 0.1) is 12.5 Å². The highest BCUT2D eigenvalue weighted by atomic mass is 16.5. The minimum absolute atomic E-state index is 0.0127. The molecule has 1 N–H and O–H groups in total. The van der Waals surface area contributed by atoms with E-state index in [2.05, 4.69) is 39.2 Å². The van der Waals surface area contributed by atoms with Crippen molar-refractivity contribution in [3.05, 3.63) is 29.8 Å². The second-order valence-electron chi connectivity index (χ2n) is 6.02. The van der Waals surface area contributed by atoms with E-state index in [1.807, 2.05) is 19.1 Å². The molecule has 1 aliphatic heterocycles. The third kappa shape index (κ3) is 3.24. The van der Waals surface area contributed by atoms with Crippen LogP contribution in [0, 0.1) is 6.92 Å². The van der Waals surface area contributed by atoms with Crippen molar-refractivity contribution in [2.45, 2.75) is 39.3 Å². The van der Waals surface area contributed by atoms with Gasteiger partial charge in [-0.2, -0.15) is 4.98 Å². The SMILES string of the molecule is Cc1cccnc1-c1noc(CC2C(=O)NCCN2C(C)C)n1. The predicted octanol–water partition coefficient (Wildman–Crippen LogP) is 1.19. The summed E-state index contributed by atoms with van der Waals surface area (Å²) >= 11 is 0. The van der Waals surface area contributed by atoms with Gasteiger partial charge in [0.25, 0.3) is 0 Å². The zero-order valence-electron chi connectivity index (χ0n) is 13.6. The van der Waals surface area contributed by atoms with E-state index < -0.39 is 0 Å². The fourth-order valence-corrected chi connectivity index (χ4v) is 2.88. The van der Waals surface area contributed by atoms with Crippen LogP contribution in [0.15, 0.2) is 22.9 Å². The third-order valence-corrected chi connectivity index (χ3v) is 4.09. The molecular weight excluding hydrogens is 294 g/mol. The highest BCUT2D eigenvalue weighted by Crippen LogP contribution is 2.19. The van der Waals surface area contributed by atoms with Crippen molar-refractivity contribution in [1.82, 2.24) is 25.3 Å². The number of nitrogens with one attached hydrogen (secondary N) is 1. The van der Waals surface area contributed by atoms with Gasteiger partial charge in [-0.3, -0.25) is 14.7 Å². The number of piperazine rings is 1. The van der Waals surface area contributed by atoms with Gasteiger partial charge >= 0.3 is 0 Å². The highest BCUT2D eigenvalue weighted by molar-refractivity contribution is 5.82. The largest absolute Gasteiger partial charge is 0.353 e. The number of amides is 1. The van der Waals surface area contributed by atoms with Gasteiger partial charge in [0, 0.05) is 25.3 Å². The number of nitrogens with zero attached hydrogens (tertiary/aromatic N) is 4. The molecule has 23 heavy (non-hydrogen) atoms. The van der Waals surface area contributed by atoms with Crippen LogP contribution in [0.25, 0.3) is 11.5 Å². The average Bonchev–Trinajstić information content (AvgIpc) is 2.98. The molecule has 1 fully saturated rings. The summed E-state index contributed by atoms with van der Waals surface area (Å²) in [7, 11) is 0. The predicted molar refractivity (Wildman–Crippen MR) is 84.6 cm³/mol. The van der Waals surface area contributed by atoms with Crippen LogP contribution in [0.3, 0.4) is 0 Å². The van der Waals surface area contributed by atoms with Crippen molar-refractivity contribution in [1.29, 1.82) is 0 Å². The van der Waals surface area contributed by atoms with Crippen molar-refractivity contribution < 1.29 is 9.32 Å². The van der Waals surface area contributed by atoms with Crippen LogP contribution in [-0.4, -0.2) is 51.1 Å². The first-order valence-electron chi connectivity index (χ1n) is 7.84. The van der Waals surface area contributed by atoms with Gasteiger partial charge in [0.15, 0.2) is 0 Å². The molecule has 7 nitrogen and oxygen atoms in total. The van der Waals surface area contributed by atoms with Crippen LogP contribution in [0.1, 0.15) is 25.3 Å². The quantitative estimate of drug-likeness (QED) is 0.912. The Morgan fingerprint density at radius 3 is 3.04 bits per heavy atom. The molecule has 1 amide bonds. The lowest BCUT2D eigenvalue weighted by molar-refractivity contribution is -0.130. The smallest absolute Gasteiger partial charge is 0.237 e. The fraction of sp³-hybridized carbons (Fsp3) is 0.500. The van der Waals surface area contributed by atoms with Gasteiger partial charge in [0.1, 0.15) is 5.69 Å². The molecule has 0 bridgehead atoms. The van der Waals surface area contributed by atoms with E-state index in [1.165, 1.54) is 0 Å². The lowest BCUT2D eigenvalue weighted by Gasteiger charge is -2.37. The molecule has 0 aromatic carbocycles. The standard InChI is InChI=1S/C16H21N5O2/c1-10(2)21-8-7-18-16(22)12(21)9-13-19-15(20-23-13)14-11(3)5-4-6-17-14/h4-6,10,12H,7-9H2,1-3H3,(H,18,22). The van der Waals surface area contributed by atoms with Crippen molar-refractivity contribution in [2.75, 3.05) is 13.1 Å². The van der Waals surface area contributed by atoms with Gasteiger partial charge < -0.3 is 9.84 Å². The van der Waals surface area contributed by atoms with Gasteiger partial charge in [-0.25, -0.2) is 0 Å². The van der Waals surface area contributed by atoms with Crippen LogP contribution in [0.2, 0.25) is 0 Å². The molecule has 7 heteroatoms. The fourth-order valence-electron chi connectivity index (χ4n) is 2.88. The van der Waals surface area contributed by atoms with E-state index >= 15 is 0 Å². The number of pyridine rings is 1. The molecule has 2 aromatic heterocycles. The summed E-state index contributed by atoms with van der Waals surface area (Å²) in [5, 5.41) is 6.91. The molecule has 1 saturated heterocycles. The summed E-state index contributed by atoms with van der Waals surface area (Å²) in [4.78, 5) is 23.1. The molecule has 0 saturated carbocycles. The second-order valence-corrected chi connectivity index (χ2v) is 6.02. The number of carbonyl (C=O) groups is 1. The van der Waals surface area contributed by atoms with Crippen molar-refractivity contribution in [3.63, 3.8) is 0 Å². The zero-order chi connectivity index (χ0) is 16.4. The van der Waals surface area contributed by atoms with E-state index in [0.29, 0.717) is 30.4 Å². The van der Waals surface area contributed by atoms with Crippen molar-refractivity contribution in [2.24, 2.45) is 0 Å². The lowest BCUT2D eigenvalue weighted by atomic mass is 10.1. The van der Waals surface area contributed by atoms with Crippen LogP contribution < -0.4 is 5.32 Å². The molecule has 0 radical (unpaired) electrons. The maximum atomic E-state index is 12.2. The van der Waals surface area contributed by atoms with Crippen LogP contribution in [0.5, 0.6) is 0 Å². The molecule has 3 rings (SSSR count). The number of rotatable bonds is 4. The topological polar surface area (TPSA) is 84.1 Å². The van der Waals surface area contributed by atoms with Gasteiger partial charge in [-0.15, -0.1) is 0 Å². The first-order valence-corrected chi connectivity index (χ1v) is 7.84. The number of hydrogen-bond donors (Lipinski definition) is 1. The minimum atomic E-state index is -0.276. The maximum absolute atomic E-state index is 12.2. The van der Waals surface area contributed by atoms with E-state index in [0.717, 1.165) is 12.1 Å². The molecule has 122 valence electrons. The Bertz CT molecular complexity index is 697. The van der Waals surface area contributed by atoms with E-state index in [-0.39, 0.29) is 18.0 Å². The number of carbonyl (C=O) groups excluding carboxylic acids is 1. The molecule has 1 atom stereocenters. The Balaban J connectivity index is 1.80. The summed E-state index contributed by atoms with van der Waals surface area (Å²) < 4.78 is 5.35. The van der Waals surface area contributed by atoms with E-state index in [9.17, 15) is 4.79 Å². The molecule has 3 heterocycles. The molecule has 1 unspecified atom stereocenters. The summed E-state index contributed by atoms with van der Waals surface area (Å²) in [6.45, 7) is 7.63. The van der Waals surface area contributed by atoms with Gasteiger partial charge in [-0.1, -0.05) is 11.2 Å². The Kier molecular flexibility index (Phi) is 4.38. The Morgan fingerprint density at radius 1 is 1.48 bits per heavy atom. The van der Waals surface area contributed by atoms with Gasteiger partial charge in [0.2, 0.25) is 17.6 Å². The zero-order valence-corrected chi connectivity index (χ0v) is 13.6. The lowest BCUT2D eigenvalue weighted by Crippen LogP contribution is -2.58. The van der Waals surface area contributed by atoms with Gasteiger partial charge in [-0.05, 0) is 32.4 Å². The summed E-state index contributed by atoms with van der Waals surface area (Å²) in [5.41, 5.74) is 1.69. The van der Waals surface area contributed by atoms with E-state index in [4.69, 9.17) is 4.52 Å². The first-order chi connectivity index (χ1) is 11.1. The number of hydrogen-bond acceptors (Lipinski definition) is 6. The normalized spacial score (nSPS) is 19.1. The monoisotopic (exact) mass is 315 g/mol. The Labute approximate surface area is 135 Å². The summed E-state index contributed by atoms with van der Waals surface area (Å²) in [5.74, 6) is 0.932. The average molecular weight is 315 g/mol. The molecule has 2 aromatic rings. The molecule has 0 aliphatic carbocycles. The number of aryl methyl sites for hydroxylation is 1. The number of aromatic nitrogens is 3. The summed E-state index contributed by atoms with van der Waals surface area (Å²) in [6.07, 6.45) is 2.11. The van der Waals surface area contributed by atoms with Crippen molar-refractivity contribution >= 4 is 5.91 Å². The second kappa shape index (κ2) is 6.45. The maximum Gasteiger partial charge on any atom is 0.237 e. The third-order valence-electron chi connectivity index (χ3n) is 4.09. The summed E-state index contributed by atoms with van der Waals surface area (Å²) in [6, 6.07) is 3.83. The highest BCUT2D eigenvalue weighted by Gasteiger charge is 2.33. The molecule has 0 spiro atoms. The minimum Gasteiger partial charge on any atom is -0.353 e. The Morgan fingerprint density at radius 2 is 2.30 bits per heavy atom. The van der Waals surface area contributed by atoms with Crippen LogP contribution >= 0.6 is 0 Å². The van der Waals surface area contributed by atoms with Crippen LogP contribution in [-0.2, 0) is 11.2 Å². The van der Waals surface area contributed by atoms with E-state index in [1.54, 1.807) is 6.20 Å². The first kappa shape index (κ1) is 15.6. The van der Waals surface area contributed by atoms with Crippen LogP contribution in [0.4, 0.5) is 0 Å².